The molecule has 1 aromatic carbocycles. The molecule has 0 saturated heterocycles. The molecule has 0 fully saturated rings. The molecule has 0 aliphatic heterocycles. The van der Waals surface area contributed by atoms with Crippen LogP contribution in [-0.4, -0.2) is 24.5 Å². The minimum absolute atomic E-state index is 0.717. The fourth-order valence-corrected chi connectivity index (χ4v) is 1.91. The van der Waals surface area contributed by atoms with Gasteiger partial charge in [0.1, 0.15) is 0 Å². The number of nitrogens with zero attached hydrogens (tertiary/aromatic N) is 1. The Balaban J connectivity index is 2.55. The van der Waals surface area contributed by atoms with Crippen LogP contribution in [0.4, 0.5) is 0 Å². The molecule has 18 heavy (non-hydrogen) atoms. The van der Waals surface area contributed by atoms with E-state index < -0.39 is 0 Å². The van der Waals surface area contributed by atoms with Crippen molar-refractivity contribution in [3.05, 3.63) is 35.4 Å². The van der Waals surface area contributed by atoms with E-state index in [-0.39, 0.29) is 0 Å². The largest absolute Gasteiger partial charge is 0.313 e. The average molecular weight is 244 g/mol. The monoisotopic (exact) mass is 244 g/mol. The van der Waals surface area contributed by atoms with Crippen molar-refractivity contribution in [1.82, 2.24) is 10.2 Å². The Morgan fingerprint density at radius 3 is 2.72 bits per heavy atom. The second-order valence-corrected chi connectivity index (χ2v) is 4.50. The summed E-state index contributed by atoms with van der Waals surface area (Å²) in [7, 11) is 0. The number of nitrogens with one attached hydrogen (secondary N) is 1. The molecule has 0 heterocycles. The van der Waals surface area contributed by atoms with Crippen LogP contribution in [0.2, 0.25) is 0 Å². The summed E-state index contributed by atoms with van der Waals surface area (Å²) in [6.07, 6.45) is 6.54. The van der Waals surface area contributed by atoms with E-state index in [0.29, 0.717) is 0 Å². The molecule has 0 aliphatic carbocycles. The minimum Gasteiger partial charge on any atom is -0.313 e. The van der Waals surface area contributed by atoms with Gasteiger partial charge in [0.05, 0.1) is 6.54 Å². The highest BCUT2D eigenvalue weighted by molar-refractivity contribution is 5.23. The molecular weight excluding hydrogens is 220 g/mol. The fraction of sp³-hybridized carbons (Fsp3) is 0.500. The van der Waals surface area contributed by atoms with Crippen LogP contribution in [0.3, 0.4) is 0 Å². The van der Waals surface area contributed by atoms with Crippen molar-refractivity contribution in [3.63, 3.8) is 0 Å². The molecule has 1 aromatic rings. The summed E-state index contributed by atoms with van der Waals surface area (Å²) in [5, 5.41) is 3.43. The van der Waals surface area contributed by atoms with Crippen molar-refractivity contribution in [1.29, 1.82) is 0 Å². The Kier molecular flexibility index (Phi) is 7.17. The summed E-state index contributed by atoms with van der Waals surface area (Å²) < 4.78 is 0. The van der Waals surface area contributed by atoms with Gasteiger partial charge >= 0.3 is 0 Å². The van der Waals surface area contributed by atoms with Gasteiger partial charge in [-0.3, -0.25) is 4.90 Å². The van der Waals surface area contributed by atoms with Crippen LogP contribution in [0.5, 0.6) is 0 Å². The lowest BCUT2D eigenvalue weighted by atomic mass is 10.1. The topological polar surface area (TPSA) is 15.3 Å². The van der Waals surface area contributed by atoms with Crippen LogP contribution in [-0.2, 0) is 13.1 Å². The Hall–Kier alpha value is -1.30. The maximum atomic E-state index is 5.37. The van der Waals surface area contributed by atoms with Crippen molar-refractivity contribution >= 4 is 0 Å². The summed E-state index contributed by atoms with van der Waals surface area (Å²) >= 11 is 0. The predicted molar refractivity (Wildman–Crippen MR) is 78.2 cm³/mol. The van der Waals surface area contributed by atoms with E-state index in [4.69, 9.17) is 6.42 Å². The number of hydrogen-bond donors (Lipinski definition) is 1. The summed E-state index contributed by atoms with van der Waals surface area (Å²) in [6.45, 7) is 8.98. The zero-order valence-electron chi connectivity index (χ0n) is 11.6. The van der Waals surface area contributed by atoms with E-state index in [2.05, 4.69) is 54.3 Å². The van der Waals surface area contributed by atoms with Gasteiger partial charge in [-0.1, -0.05) is 44.0 Å². The van der Waals surface area contributed by atoms with Gasteiger partial charge in [-0.2, -0.15) is 0 Å². The second kappa shape index (κ2) is 8.74. The zero-order valence-corrected chi connectivity index (χ0v) is 11.6. The number of terminal acetylenes is 1. The minimum atomic E-state index is 0.717. The van der Waals surface area contributed by atoms with E-state index in [1.54, 1.807) is 0 Å². The Morgan fingerprint density at radius 1 is 1.28 bits per heavy atom. The molecule has 0 aromatic heterocycles. The molecule has 1 rings (SSSR count). The first-order chi connectivity index (χ1) is 8.80. The predicted octanol–water partition coefficient (Wildman–Crippen LogP) is 2.64. The molecular formula is C16H24N2. The number of hydrogen-bond acceptors (Lipinski definition) is 2. The van der Waals surface area contributed by atoms with Crippen molar-refractivity contribution in [3.8, 4) is 12.3 Å². The maximum absolute atomic E-state index is 5.37. The van der Waals surface area contributed by atoms with Crippen LogP contribution in [0.1, 0.15) is 31.4 Å². The molecule has 0 bridgehead atoms. The first kappa shape index (κ1) is 14.8. The number of rotatable bonds is 8. The van der Waals surface area contributed by atoms with Crippen LogP contribution >= 0.6 is 0 Å². The molecule has 98 valence electrons. The van der Waals surface area contributed by atoms with Gasteiger partial charge in [-0.05, 0) is 30.6 Å². The van der Waals surface area contributed by atoms with E-state index in [0.717, 1.165) is 32.7 Å². The van der Waals surface area contributed by atoms with Gasteiger partial charge in [0, 0.05) is 13.1 Å². The molecule has 0 aliphatic rings. The lowest BCUT2D eigenvalue weighted by Gasteiger charge is -2.17. The molecule has 0 atom stereocenters. The van der Waals surface area contributed by atoms with Crippen molar-refractivity contribution in [2.75, 3.05) is 19.6 Å². The summed E-state index contributed by atoms with van der Waals surface area (Å²) in [4.78, 5) is 2.26. The lowest BCUT2D eigenvalue weighted by molar-refractivity contribution is 0.316. The average Bonchev–Trinajstić information content (AvgIpc) is 2.39. The second-order valence-electron chi connectivity index (χ2n) is 4.50. The van der Waals surface area contributed by atoms with Gasteiger partial charge in [0.15, 0.2) is 0 Å². The SMILES string of the molecule is C#CCN(CC)Cc1cccc(CNCCC)c1. The van der Waals surface area contributed by atoms with Crippen molar-refractivity contribution in [2.24, 2.45) is 0 Å². The molecule has 0 saturated carbocycles. The number of benzene rings is 1. The maximum Gasteiger partial charge on any atom is 0.0601 e. The molecule has 2 nitrogen and oxygen atoms in total. The smallest absolute Gasteiger partial charge is 0.0601 e. The lowest BCUT2D eigenvalue weighted by Crippen LogP contribution is -2.23. The standard InChI is InChI=1S/C16H24N2/c1-4-10-17-13-15-8-7-9-16(12-15)14-18(6-3)11-5-2/h2,7-9,12,17H,4,6,10-11,13-14H2,1,3H3. The Morgan fingerprint density at radius 2 is 2.06 bits per heavy atom. The Labute approximate surface area is 111 Å². The third kappa shape index (κ3) is 5.35. The van der Waals surface area contributed by atoms with Gasteiger partial charge in [-0.15, -0.1) is 6.42 Å². The van der Waals surface area contributed by atoms with Crippen LogP contribution in [0.15, 0.2) is 24.3 Å². The van der Waals surface area contributed by atoms with Crippen LogP contribution in [0, 0.1) is 12.3 Å². The highest BCUT2D eigenvalue weighted by Gasteiger charge is 2.02. The normalized spacial score (nSPS) is 10.6. The van der Waals surface area contributed by atoms with Gasteiger partial charge < -0.3 is 5.32 Å². The van der Waals surface area contributed by atoms with Crippen LogP contribution < -0.4 is 5.32 Å². The molecule has 0 amide bonds. The molecule has 0 spiro atoms. The molecule has 0 radical (unpaired) electrons. The first-order valence-corrected chi connectivity index (χ1v) is 6.74. The van der Waals surface area contributed by atoms with Gasteiger partial charge in [0.25, 0.3) is 0 Å². The Bertz CT molecular complexity index is 379. The van der Waals surface area contributed by atoms with Crippen molar-refractivity contribution < 1.29 is 0 Å². The third-order valence-corrected chi connectivity index (χ3v) is 2.92. The van der Waals surface area contributed by atoms with E-state index >= 15 is 0 Å². The first-order valence-electron chi connectivity index (χ1n) is 6.74. The third-order valence-electron chi connectivity index (χ3n) is 2.92. The van der Waals surface area contributed by atoms with Crippen molar-refractivity contribution in [2.45, 2.75) is 33.4 Å². The summed E-state index contributed by atoms with van der Waals surface area (Å²) in [6, 6.07) is 8.73. The van der Waals surface area contributed by atoms with Gasteiger partial charge in [0.2, 0.25) is 0 Å². The highest BCUT2D eigenvalue weighted by atomic mass is 15.1. The van der Waals surface area contributed by atoms with Gasteiger partial charge in [-0.25, -0.2) is 0 Å². The van der Waals surface area contributed by atoms with E-state index in [9.17, 15) is 0 Å². The molecule has 2 heteroatoms. The summed E-state index contributed by atoms with van der Waals surface area (Å²) in [5.74, 6) is 2.71. The fourth-order valence-electron chi connectivity index (χ4n) is 1.91. The van der Waals surface area contributed by atoms with Crippen LogP contribution in [0.25, 0.3) is 0 Å². The zero-order chi connectivity index (χ0) is 13.2. The molecule has 0 unspecified atom stereocenters. The van der Waals surface area contributed by atoms with E-state index in [1.807, 2.05) is 0 Å². The highest BCUT2D eigenvalue weighted by Crippen LogP contribution is 2.08. The molecule has 1 N–H and O–H groups in total. The summed E-state index contributed by atoms with van der Waals surface area (Å²) in [5.41, 5.74) is 2.68. The quantitative estimate of drug-likeness (QED) is 0.558. The van der Waals surface area contributed by atoms with E-state index in [1.165, 1.54) is 17.5 Å².